The molecule has 2 fully saturated rings. The molecule has 4 aromatic rings. The maximum Gasteiger partial charge on any atom is 0.248 e. The summed E-state index contributed by atoms with van der Waals surface area (Å²) in [6.07, 6.45) is 7.54. The Morgan fingerprint density at radius 1 is 0.773 bits per heavy atom. The van der Waals surface area contributed by atoms with Crippen LogP contribution >= 0.6 is 0 Å². The zero-order chi connectivity index (χ0) is 30.2. The van der Waals surface area contributed by atoms with Gasteiger partial charge in [-0.15, -0.1) is 10.2 Å². The highest BCUT2D eigenvalue weighted by atomic mass is 16.5. The number of nitrogens with zero attached hydrogens (tertiary/aromatic N) is 8. The summed E-state index contributed by atoms with van der Waals surface area (Å²) in [5.41, 5.74) is 3.54. The number of ether oxygens (including phenoxy) is 1. The Morgan fingerprint density at radius 2 is 1.39 bits per heavy atom. The molecule has 0 aliphatic carbocycles. The minimum atomic E-state index is -0.597. The topological polar surface area (TPSA) is 111 Å². The molecule has 11 nitrogen and oxygen atoms in total. The second-order valence-electron chi connectivity index (χ2n) is 12.5. The van der Waals surface area contributed by atoms with Crippen molar-refractivity contribution in [1.29, 1.82) is 0 Å². The molecule has 2 aromatic carbocycles. The van der Waals surface area contributed by atoms with Gasteiger partial charge in [0.25, 0.3) is 0 Å². The fraction of sp³-hybridized carbons (Fsp3) is 0.455. The second-order valence-corrected chi connectivity index (χ2v) is 12.5. The van der Waals surface area contributed by atoms with E-state index < -0.39 is 12.1 Å². The Morgan fingerprint density at radius 3 is 2.05 bits per heavy atom. The van der Waals surface area contributed by atoms with Gasteiger partial charge in [0.05, 0.1) is 24.5 Å². The van der Waals surface area contributed by atoms with Gasteiger partial charge in [-0.3, -0.25) is 9.59 Å². The molecule has 5 heterocycles. The normalized spacial score (nSPS) is 23.5. The van der Waals surface area contributed by atoms with E-state index in [9.17, 15) is 9.59 Å². The summed E-state index contributed by atoms with van der Waals surface area (Å²) in [7, 11) is 0. The van der Waals surface area contributed by atoms with Crippen LogP contribution in [0.25, 0.3) is 0 Å². The summed E-state index contributed by atoms with van der Waals surface area (Å²) in [6.45, 7) is 5.84. The Labute approximate surface area is 256 Å². The highest BCUT2D eigenvalue weighted by Crippen LogP contribution is 2.38. The molecular weight excluding hydrogens is 556 g/mol. The summed E-state index contributed by atoms with van der Waals surface area (Å²) in [6, 6.07) is 16.5. The quantitative estimate of drug-likeness (QED) is 0.324. The summed E-state index contributed by atoms with van der Waals surface area (Å²) in [5, 5.41) is 18.0. The number of hydrogen-bond donors (Lipinski definition) is 0. The van der Waals surface area contributed by atoms with Crippen LogP contribution < -0.4 is 4.74 Å². The Hall–Kier alpha value is -4.54. The standard InChI is InChI=1S/C33H38N8O3/c1-22(2)31-33(43)39-17-7-11-29(39)26-19-40(36-34-26)30(32(42)38-16-6-10-28(38)27-20-41(31)37-35-27)18-23-12-14-25(15-13-23)44-21-24-8-4-3-5-9-24/h3-5,8-9,12-15,19-20,22,28-31H,6-7,10-11,16-18,21H2,1-2H3/t28-,29-,30-,31-/m0/s1. The van der Waals surface area contributed by atoms with Gasteiger partial charge >= 0.3 is 0 Å². The van der Waals surface area contributed by atoms with E-state index >= 15 is 0 Å². The molecule has 44 heavy (non-hydrogen) atoms. The van der Waals surface area contributed by atoms with Crippen LogP contribution in [0.5, 0.6) is 5.75 Å². The summed E-state index contributed by atoms with van der Waals surface area (Å²) in [4.78, 5) is 32.2. The summed E-state index contributed by atoms with van der Waals surface area (Å²) >= 11 is 0. The van der Waals surface area contributed by atoms with Crippen LogP contribution in [0.4, 0.5) is 0 Å². The van der Waals surface area contributed by atoms with Gasteiger partial charge in [-0.05, 0) is 54.9 Å². The molecule has 0 spiro atoms. The average molecular weight is 595 g/mol. The maximum atomic E-state index is 14.4. The van der Waals surface area contributed by atoms with Crippen LogP contribution in [-0.2, 0) is 22.6 Å². The number of carbonyl (C=O) groups is 2. The van der Waals surface area contributed by atoms with Crippen molar-refractivity contribution in [2.24, 2.45) is 5.92 Å². The molecule has 0 N–H and O–H groups in total. The first kappa shape index (κ1) is 28.2. The van der Waals surface area contributed by atoms with Crippen LogP contribution in [0.3, 0.4) is 0 Å². The lowest BCUT2D eigenvalue weighted by molar-refractivity contribution is -0.138. The smallest absolute Gasteiger partial charge is 0.248 e. The van der Waals surface area contributed by atoms with E-state index in [0.29, 0.717) is 26.1 Å². The van der Waals surface area contributed by atoms with Gasteiger partial charge in [0.2, 0.25) is 11.8 Å². The lowest BCUT2D eigenvalue weighted by Gasteiger charge is -2.30. The lowest BCUT2D eigenvalue weighted by atomic mass is 10.0. The Kier molecular flexibility index (Phi) is 7.61. The van der Waals surface area contributed by atoms with Gasteiger partial charge in [-0.1, -0.05) is 66.7 Å². The molecule has 2 amide bonds. The van der Waals surface area contributed by atoms with E-state index in [-0.39, 0.29) is 29.8 Å². The van der Waals surface area contributed by atoms with Crippen molar-refractivity contribution >= 4 is 11.8 Å². The molecule has 228 valence electrons. The van der Waals surface area contributed by atoms with E-state index in [2.05, 4.69) is 20.6 Å². The van der Waals surface area contributed by atoms with E-state index in [1.54, 1.807) is 9.36 Å². The molecule has 2 aromatic heterocycles. The molecule has 2 saturated heterocycles. The maximum absolute atomic E-state index is 14.4. The predicted octanol–water partition coefficient (Wildman–Crippen LogP) is 4.47. The number of hydrogen-bond acceptors (Lipinski definition) is 7. The number of carbonyl (C=O) groups excluding carboxylic acids is 2. The number of amides is 2. The van der Waals surface area contributed by atoms with Gasteiger partial charge in [-0.25, -0.2) is 9.36 Å². The van der Waals surface area contributed by atoms with Gasteiger partial charge in [0, 0.05) is 19.5 Å². The van der Waals surface area contributed by atoms with Gasteiger partial charge in [0.15, 0.2) is 0 Å². The van der Waals surface area contributed by atoms with Crippen molar-refractivity contribution in [1.82, 2.24) is 39.8 Å². The number of rotatable bonds is 6. The van der Waals surface area contributed by atoms with Crippen molar-refractivity contribution in [3.63, 3.8) is 0 Å². The van der Waals surface area contributed by atoms with E-state index in [0.717, 1.165) is 53.9 Å². The van der Waals surface area contributed by atoms with E-state index in [4.69, 9.17) is 4.74 Å². The lowest BCUT2D eigenvalue weighted by Crippen LogP contribution is -2.40. The van der Waals surface area contributed by atoms with Crippen molar-refractivity contribution in [3.8, 4) is 5.75 Å². The highest BCUT2D eigenvalue weighted by molar-refractivity contribution is 5.82. The van der Waals surface area contributed by atoms with Crippen LogP contribution in [0, 0.1) is 5.92 Å². The van der Waals surface area contributed by atoms with Crippen molar-refractivity contribution in [3.05, 3.63) is 89.5 Å². The third kappa shape index (κ3) is 5.35. The number of aromatic nitrogens is 6. The molecule has 4 bridgehead atoms. The monoisotopic (exact) mass is 594 g/mol. The minimum Gasteiger partial charge on any atom is -0.489 e. The van der Waals surface area contributed by atoms with Gasteiger partial charge in [-0.2, -0.15) is 0 Å². The number of fused-ring (bicyclic) bond motifs is 8. The largest absolute Gasteiger partial charge is 0.489 e. The molecular formula is C33H38N8O3. The minimum absolute atomic E-state index is 0.0141. The molecule has 3 aliphatic rings. The zero-order valence-electron chi connectivity index (χ0n) is 25.2. The van der Waals surface area contributed by atoms with Crippen LogP contribution in [0.1, 0.15) is 86.2 Å². The SMILES string of the molecule is CC(C)[C@H]1C(=O)N2CCC[C@H]2c2cn(nn2)[C@@H](Cc2ccc(OCc3ccccc3)cc2)C(=O)N2CCC[C@H]2c2cn1nn2. The molecule has 0 unspecified atom stereocenters. The molecule has 7 rings (SSSR count). The van der Waals surface area contributed by atoms with Crippen LogP contribution in [0.15, 0.2) is 67.0 Å². The zero-order valence-corrected chi connectivity index (χ0v) is 25.2. The van der Waals surface area contributed by atoms with Gasteiger partial charge < -0.3 is 14.5 Å². The van der Waals surface area contributed by atoms with Crippen molar-refractivity contribution in [2.75, 3.05) is 13.1 Å². The molecule has 11 heteroatoms. The van der Waals surface area contributed by atoms with Crippen molar-refractivity contribution < 1.29 is 14.3 Å². The Bertz CT molecular complexity index is 1620. The average Bonchev–Trinajstić information content (AvgIpc) is 3.85. The van der Waals surface area contributed by atoms with Crippen LogP contribution in [0.2, 0.25) is 0 Å². The fourth-order valence-electron chi connectivity index (χ4n) is 6.90. The first-order valence-corrected chi connectivity index (χ1v) is 15.7. The molecule has 3 aliphatic heterocycles. The first-order valence-electron chi connectivity index (χ1n) is 15.7. The first-order chi connectivity index (χ1) is 21.5. The summed E-state index contributed by atoms with van der Waals surface area (Å²) in [5.74, 6) is 0.796. The van der Waals surface area contributed by atoms with Crippen LogP contribution in [-0.4, -0.2) is 64.7 Å². The molecule has 4 atom stereocenters. The fourth-order valence-corrected chi connectivity index (χ4v) is 6.90. The summed E-state index contributed by atoms with van der Waals surface area (Å²) < 4.78 is 9.40. The predicted molar refractivity (Wildman–Crippen MR) is 161 cm³/mol. The number of benzene rings is 2. The Balaban J connectivity index is 1.21. The molecule has 0 saturated carbocycles. The highest BCUT2D eigenvalue weighted by Gasteiger charge is 2.41. The van der Waals surface area contributed by atoms with E-state index in [1.807, 2.05) is 90.6 Å². The van der Waals surface area contributed by atoms with Gasteiger partial charge in [0.1, 0.15) is 35.8 Å². The van der Waals surface area contributed by atoms with Crippen molar-refractivity contribution in [2.45, 2.75) is 76.7 Å². The third-order valence-electron chi connectivity index (χ3n) is 9.19. The molecule has 0 radical (unpaired) electrons. The van der Waals surface area contributed by atoms with E-state index in [1.165, 1.54) is 0 Å². The third-order valence-corrected chi connectivity index (χ3v) is 9.19. The second kappa shape index (κ2) is 11.9.